The third-order valence-electron chi connectivity index (χ3n) is 8.73. The fourth-order valence-corrected chi connectivity index (χ4v) is 6.71. The number of rotatable bonds is 7. The van der Waals surface area contributed by atoms with Crippen molar-refractivity contribution in [1.29, 1.82) is 0 Å². The van der Waals surface area contributed by atoms with Gasteiger partial charge in [0.2, 0.25) is 5.88 Å². The van der Waals surface area contributed by atoms with Gasteiger partial charge in [-0.15, -0.1) is 0 Å². The number of nitrogens with zero attached hydrogens (tertiary/aromatic N) is 4. The van der Waals surface area contributed by atoms with Crippen LogP contribution in [0.25, 0.3) is 22.4 Å². The molecule has 3 heterocycles. The lowest BCUT2D eigenvalue weighted by Crippen LogP contribution is -2.28. The number of halogens is 1. The van der Waals surface area contributed by atoms with Gasteiger partial charge in [-0.3, -0.25) is 19.3 Å². The van der Waals surface area contributed by atoms with Crippen molar-refractivity contribution in [2.24, 2.45) is 13.0 Å². The Balaban J connectivity index is 1.32. The minimum absolute atomic E-state index is 0.00219. The molecule has 1 aliphatic heterocycles. The maximum atomic E-state index is 13.0. The molecule has 0 radical (unpaired) electrons. The molecule has 0 bridgehead atoms. The summed E-state index contributed by atoms with van der Waals surface area (Å²) >= 11 is 7.08. The highest BCUT2D eigenvalue weighted by atomic mass is 35.5. The summed E-state index contributed by atoms with van der Waals surface area (Å²) < 4.78 is 6.91. The summed E-state index contributed by atoms with van der Waals surface area (Å²) in [5.74, 6) is -1.09. The maximum Gasteiger partial charge on any atom is 0.307 e. The summed E-state index contributed by atoms with van der Waals surface area (Å²) in [4.78, 5) is 44.1. The molecule has 0 spiro atoms. The van der Waals surface area contributed by atoms with Crippen molar-refractivity contribution in [1.82, 2.24) is 19.7 Å². The van der Waals surface area contributed by atoms with E-state index in [-0.39, 0.29) is 17.5 Å². The molecular weight excluding hydrogens is 582 g/mol. The average Bonchev–Trinajstić information content (AvgIpc) is 3.67. The lowest BCUT2D eigenvalue weighted by Gasteiger charge is -2.25. The lowest BCUT2D eigenvalue weighted by atomic mass is 9.96. The van der Waals surface area contributed by atoms with Crippen LogP contribution in [0.3, 0.4) is 0 Å². The number of carboxylic acid groups (broad SMARTS) is 1. The average molecular weight is 614 g/mol. The minimum atomic E-state index is -0.747. The van der Waals surface area contributed by atoms with Crippen LogP contribution in [0.4, 0.5) is 5.69 Å². The number of ether oxygens (including phenoxy) is 1. The van der Waals surface area contributed by atoms with Crippen LogP contribution in [-0.2, 0) is 18.3 Å². The number of aliphatic carboxylic acids is 1. The Morgan fingerprint density at radius 2 is 1.84 bits per heavy atom. The zero-order valence-corrected chi connectivity index (χ0v) is 25.4. The van der Waals surface area contributed by atoms with Crippen LogP contribution in [0.15, 0.2) is 59.5 Å². The Bertz CT molecular complexity index is 1860. The Morgan fingerprint density at radius 1 is 1.09 bits per heavy atom. The molecule has 1 saturated heterocycles. The Labute approximate surface area is 259 Å². The van der Waals surface area contributed by atoms with Gasteiger partial charge >= 0.3 is 5.97 Å². The third-order valence-corrected chi connectivity index (χ3v) is 9.14. The van der Waals surface area contributed by atoms with Gasteiger partial charge in [-0.25, -0.2) is 9.67 Å². The first kappa shape index (κ1) is 29.5. The number of benzene rings is 2. The lowest BCUT2D eigenvalue weighted by molar-refractivity contribution is -0.141. The zero-order valence-electron chi connectivity index (χ0n) is 24.6. The highest BCUT2D eigenvalue weighted by molar-refractivity contribution is 6.36. The number of amides is 1. The van der Waals surface area contributed by atoms with Crippen molar-refractivity contribution >= 4 is 29.2 Å². The van der Waals surface area contributed by atoms with Crippen LogP contribution in [0, 0.1) is 12.8 Å². The van der Waals surface area contributed by atoms with E-state index >= 15 is 0 Å². The third kappa shape index (κ3) is 5.24. The topological polar surface area (TPSA) is 127 Å². The van der Waals surface area contributed by atoms with Gasteiger partial charge in [-0.2, -0.15) is 5.10 Å². The first-order valence-corrected chi connectivity index (χ1v) is 14.8. The van der Waals surface area contributed by atoms with E-state index < -0.39 is 17.4 Å². The Hall–Kier alpha value is -4.54. The maximum absolute atomic E-state index is 13.0. The second-order valence-electron chi connectivity index (χ2n) is 11.2. The molecule has 2 aromatic heterocycles. The van der Waals surface area contributed by atoms with Gasteiger partial charge < -0.3 is 15.2 Å². The molecule has 1 fully saturated rings. The number of aromatic nitrogens is 3. The number of anilines is 1. The van der Waals surface area contributed by atoms with E-state index in [1.807, 2.05) is 37.3 Å². The van der Waals surface area contributed by atoms with Gasteiger partial charge in [0.15, 0.2) is 0 Å². The second kappa shape index (κ2) is 11.9. The highest BCUT2D eigenvalue weighted by Gasteiger charge is 2.38. The molecule has 0 unspecified atom stereocenters. The van der Waals surface area contributed by atoms with Crippen LogP contribution < -0.4 is 15.6 Å². The van der Waals surface area contributed by atoms with Gasteiger partial charge in [-0.05, 0) is 67.6 Å². The fourth-order valence-electron chi connectivity index (χ4n) is 6.38. The Kier molecular flexibility index (Phi) is 7.96. The molecule has 6 rings (SSSR count). The molecule has 1 aliphatic carbocycles. The summed E-state index contributed by atoms with van der Waals surface area (Å²) in [6.45, 7) is 3.15. The summed E-state index contributed by atoms with van der Waals surface area (Å²) in [5.41, 5.74) is 6.05. The molecule has 1 amide bonds. The van der Waals surface area contributed by atoms with Gasteiger partial charge in [0.1, 0.15) is 5.56 Å². The summed E-state index contributed by atoms with van der Waals surface area (Å²) in [6.07, 6.45) is 3.76. The van der Waals surface area contributed by atoms with Crippen molar-refractivity contribution in [3.05, 3.63) is 92.4 Å². The predicted octanol–water partition coefficient (Wildman–Crippen LogP) is 5.13. The number of carboxylic acids is 1. The van der Waals surface area contributed by atoms with Crippen LogP contribution in [0.1, 0.15) is 45.9 Å². The molecule has 11 heteroatoms. The molecule has 2 aromatic carbocycles. The van der Waals surface area contributed by atoms with E-state index in [0.717, 1.165) is 57.4 Å². The molecule has 2 aliphatic rings. The van der Waals surface area contributed by atoms with Gasteiger partial charge in [0.25, 0.3) is 11.5 Å². The molecule has 226 valence electrons. The van der Waals surface area contributed by atoms with Crippen molar-refractivity contribution in [3.8, 4) is 28.3 Å². The van der Waals surface area contributed by atoms with E-state index in [0.29, 0.717) is 35.2 Å². The van der Waals surface area contributed by atoms with Crippen LogP contribution in [-0.4, -0.2) is 56.8 Å². The largest absolute Gasteiger partial charge is 0.481 e. The second-order valence-corrected chi connectivity index (χ2v) is 11.6. The van der Waals surface area contributed by atoms with Gasteiger partial charge in [0.05, 0.1) is 23.7 Å². The van der Waals surface area contributed by atoms with Gasteiger partial charge in [-0.1, -0.05) is 41.9 Å². The normalized spacial score (nSPS) is 17.8. The summed E-state index contributed by atoms with van der Waals surface area (Å²) in [7, 11) is 3.10. The SMILES string of the molecule is COc1nc(-c2cccc(-c3cccc(NC(=O)c4ccnn(C)c4=O)c3C)c2Cl)cc2c1[C@H](N1CC[C@@H](C(=O)O)C1)CC2. The van der Waals surface area contributed by atoms with Gasteiger partial charge in [0, 0.05) is 48.2 Å². The zero-order chi connectivity index (χ0) is 31.1. The first-order chi connectivity index (χ1) is 21.2. The molecule has 10 nitrogen and oxygen atoms in total. The number of pyridine rings is 1. The van der Waals surface area contributed by atoms with Crippen LogP contribution in [0.2, 0.25) is 5.02 Å². The van der Waals surface area contributed by atoms with Crippen LogP contribution >= 0.6 is 11.6 Å². The number of aryl methyl sites for hydroxylation is 2. The van der Waals surface area contributed by atoms with E-state index in [1.165, 1.54) is 19.3 Å². The number of hydrogen-bond acceptors (Lipinski definition) is 7. The standard InChI is InChI=1S/C33H32ClN5O5/c1-18-21(6-5-9-25(18)36-30(40)24-12-14-35-38(2)32(24)41)22-7-4-8-23(29(22)34)26-16-19-10-11-27(28(19)31(37-26)44-3)39-15-13-20(17-39)33(42)43/h4-9,12,14,16,20,27H,10-11,13,15,17H2,1-3H3,(H,36,40)(H,42,43)/t20-,27-/m1/s1. The number of methoxy groups -OCH3 is 1. The fraction of sp³-hybridized carbons (Fsp3) is 0.303. The van der Waals surface area contributed by atoms with Crippen LogP contribution in [0.5, 0.6) is 5.88 Å². The number of nitrogens with one attached hydrogen (secondary N) is 1. The molecule has 2 atom stereocenters. The molecule has 44 heavy (non-hydrogen) atoms. The summed E-state index contributed by atoms with van der Waals surface area (Å²) in [6, 6.07) is 14.8. The van der Waals surface area contributed by atoms with Crippen molar-refractivity contribution in [3.63, 3.8) is 0 Å². The quantitative estimate of drug-likeness (QED) is 0.294. The first-order valence-electron chi connectivity index (χ1n) is 14.4. The molecule has 2 N–H and O–H groups in total. The van der Waals surface area contributed by atoms with Crippen molar-refractivity contribution in [2.45, 2.75) is 32.2 Å². The van der Waals surface area contributed by atoms with Crippen molar-refractivity contribution < 1.29 is 19.4 Å². The summed E-state index contributed by atoms with van der Waals surface area (Å²) in [5, 5.41) is 16.7. The molecular formula is C33H32ClN5O5. The number of likely N-dealkylation sites (tertiary alicyclic amines) is 1. The van der Waals surface area contributed by atoms with E-state index in [2.05, 4.69) is 21.4 Å². The molecule has 4 aromatic rings. The monoisotopic (exact) mass is 613 g/mol. The number of carbonyl (C=O) groups is 2. The highest BCUT2D eigenvalue weighted by Crippen LogP contribution is 2.45. The predicted molar refractivity (Wildman–Crippen MR) is 167 cm³/mol. The smallest absolute Gasteiger partial charge is 0.307 e. The minimum Gasteiger partial charge on any atom is -0.481 e. The number of hydrogen-bond donors (Lipinski definition) is 2. The van der Waals surface area contributed by atoms with E-state index in [4.69, 9.17) is 21.3 Å². The number of carbonyl (C=O) groups excluding carboxylic acids is 1. The van der Waals surface area contributed by atoms with E-state index in [1.54, 1.807) is 13.2 Å². The Morgan fingerprint density at radius 3 is 2.59 bits per heavy atom. The number of fused-ring (bicyclic) bond motifs is 1. The van der Waals surface area contributed by atoms with Crippen molar-refractivity contribution in [2.75, 3.05) is 25.5 Å². The molecule has 0 saturated carbocycles. The van der Waals surface area contributed by atoms with E-state index in [9.17, 15) is 19.5 Å².